The van der Waals surface area contributed by atoms with E-state index in [0.29, 0.717) is 0 Å². The Bertz CT molecular complexity index is 2520. The first-order valence-corrected chi connectivity index (χ1v) is 15.9. The lowest BCUT2D eigenvalue weighted by Gasteiger charge is -2.25. The minimum atomic E-state index is 0.978. The van der Waals surface area contributed by atoms with Gasteiger partial charge in [0.2, 0.25) is 0 Å². The van der Waals surface area contributed by atoms with Crippen molar-refractivity contribution in [2.24, 2.45) is 0 Å². The molecule has 7 aromatic carbocycles. The third-order valence-corrected chi connectivity index (χ3v) is 9.19. The second-order valence-corrected chi connectivity index (χ2v) is 11.9. The van der Waals surface area contributed by atoms with Gasteiger partial charge in [-0.05, 0) is 114 Å². The molecule has 0 atom stereocenters. The molecule has 2 heterocycles. The van der Waals surface area contributed by atoms with Crippen LogP contribution in [0.25, 0.3) is 65.3 Å². The van der Waals surface area contributed by atoms with Gasteiger partial charge in [0.15, 0.2) is 0 Å². The molecule has 3 heteroatoms. The Morgan fingerprint density at radius 3 is 1.68 bits per heavy atom. The molecule has 0 bridgehead atoms. The zero-order valence-corrected chi connectivity index (χ0v) is 25.6. The number of benzene rings is 7. The zero-order chi connectivity index (χ0) is 31.2. The van der Waals surface area contributed by atoms with E-state index >= 15 is 0 Å². The summed E-state index contributed by atoms with van der Waals surface area (Å²) in [4.78, 5) is 11.1. The number of rotatable bonds is 5. The van der Waals surface area contributed by atoms with E-state index in [0.717, 1.165) is 17.1 Å². The molecule has 0 fully saturated rings. The van der Waals surface area contributed by atoms with Crippen molar-refractivity contribution < 1.29 is 0 Å². The average Bonchev–Trinajstić information content (AvgIpc) is 3.15. The lowest BCUT2D eigenvalue weighted by molar-refractivity contribution is 1.20. The predicted molar refractivity (Wildman–Crippen MR) is 198 cm³/mol. The number of pyridine rings is 2. The molecule has 0 unspecified atom stereocenters. The molecule has 0 aliphatic carbocycles. The molecule has 0 aliphatic rings. The Morgan fingerprint density at radius 1 is 0.340 bits per heavy atom. The number of nitrogens with zero attached hydrogens (tertiary/aromatic N) is 3. The van der Waals surface area contributed by atoms with Crippen molar-refractivity contribution in [1.29, 1.82) is 0 Å². The van der Waals surface area contributed by atoms with Gasteiger partial charge in [-0.15, -0.1) is 0 Å². The standard InChI is InChI=1S/C44H29N3/c1-2-11-31(12-3-1)40-26-43-38-19-7-6-18-37(38)42(36-20-8-14-30-13-4-5-17-35(30)36)27-44(43)39-22-21-32(25-41(39)40)47(33-15-9-23-45-28-33)34-16-10-24-46-29-34/h1-29H. The van der Waals surface area contributed by atoms with Crippen LogP contribution >= 0.6 is 0 Å². The molecule has 0 amide bonds. The van der Waals surface area contributed by atoms with Gasteiger partial charge in [0, 0.05) is 18.1 Å². The molecule has 9 aromatic rings. The minimum absolute atomic E-state index is 0.978. The quantitative estimate of drug-likeness (QED) is 0.184. The van der Waals surface area contributed by atoms with Gasteiger partial charge in [-0.25, -0.2) is 0 Å². The monoisotopic (exact) mass is 599 g/mol. The first-order valence-electron chi connectivity index (χ1n) is 15.9. The summed E-state index contributed by atoms with van der Waals surface area (Å²) in [5.74, 6) is 0. The maximum atomic E-state index is 4.45. The van der Waals surface area contributed by atoms with Gasteiger partial charge < -0.3 is 4.90 Å². The molecule has 220 valence electrons. The first-order chi connectivity index (χ1) is 23.3. The third-order valence-electron chi connectivity index (χ3n) is 9.19. The average molecular weight is 600 g/mol. The molecule has 2 aromatic heterocycles. The summed E-state index contributed by atoms with van der Waals surface area (Å²) < 4.78 is 0. The fourth-order valence-electron chi connectivity index (χ4n) is 7.09. The van der Waals surface area contributed by atoms with Gasteiger partial charge >= 0.3 is 0 Å². The smallest absolute Gasteiger partial charge is 0.0645 e. The second kappa shape index (κ2) is 11.2. The van der Waals surface area contributed by atoms with Gasteiger partial charge in [0.05, 0.1) is 23.8 Å². The van der Waals surface area contributed by atoms with E-state index < -0.39 is 0 Å². The van der Waals surface area contributed by atoms with Crippen molar-refractivity contribution in [3.05, 3.63) is 176 Å². The molecule has 47 heavy (non-hydrogen) atoms. The van der Waals surface area contributed by atoms with Gasteiger partial charge in [0.1, 0.15) is 0 Å². The van der Waals surface area contributed by atoms with Crippen LogP contribution in [0.4, 0.5) is 17.1 Å². The first kappa shape index (κ1) is 27.0. The summed E-state index contributed by atoms with van der Waals surface area (Å²) in [7, 11) is 0. The number of aromatic nitrogens is 2. The van der Waals surface area contributed by atoms with Crippen molar-refractivity contribution in [3.63, 3.8) is 0 Å². The van der Waals surface area contributed by atoms with Crippen molar-refractivity contribution in [3.8, 4) is 22.3 Å². The fraction of sp³-hybridized carbons (Fsp3) is 0. The Balaban J connectivity index is 1.38. The Labute approximate surface area is 273 Å². The van der Waals surface area contributed by atoms with Crippen LogP contribution in [0.15, 0.2) is 176 Å². The van der Waals surface area contributed by atoms with E-state index in [9.17, 15) is 0 Å². The minimum Gasteiger partial charge on any atom is -0.307 e. The SMILES string of the molecule is c1ccc(-c2cc3c4ccccc4c(-c4cccc5ccccc45)cc3c3ccc(N(c4cccnc4)c4cccnc4)cc23)cc1. The summed E-state index contributed by atoms with van der Waals surface area (Å²) in [5, 5.41) is 9.91. The molecule has 0 aliphatic heterocycles. The lowest BCUT2D eigenvalue weighted by Crippen LogP contribution is -2.10. The maximum absolute atomic E-state index is 4.45. The van der Waals surface area contributed by atoms with Crippen LogP contribution in [0.2, 0.25) is 0 Å². The van der Waals surface area contributed by atoms with Crippen LogP contribution in [-0.2, 0) is 0 Å². The highest BCUT2D eigenvalue weighted by molar-refractivity contribution is 6.25. The largest absolute Gasteiger partial charge is 0.307 e. The predicted octanol–water partition coefficient (Wildman–Crippen LogP) is 11.9. The lowest BCUT2D eigenvalue weighted by atomic mass is 9.86. The van der Waals surface area contributed by atoms with Crippen LogP contribution in [0.5, 0.6) is 0 Å². The van der Waals surface area contributed by atoms with Crippen molar-refractivity contribution in [2.75, 3.05) is 4.90 Å². The number of fused-ring (bicyclic) bond motifs is 6. The Hall–Kier alpha value is -6.32. The molecular weight excluding hydrogens is 571 g/mol. The highest BCUT2D eigenvalue weighted by Crippen LogP contribution is 2.45. The molecule has 0 spiro atoms. The highest BCUT2D eigenvalue weighted by atomic mass is 15.2. The maximum Gasteiger partial charge on any atom is 0.0645 e. The summed E-state index contributed by atoms with van der Waals surface area (Å²) in [6.45, 7) is 0. The van der Waals surface area contributed by atoms with Crippen LogP contribution < -0.4 is 4.90 Å². The zero-order valence-electron chi connectivity index (χ0n) is 25.6. The van der Waals surface area contributed by atoms with Crippen LogP contribution in [0.3, 0.4) is 0 Å². The number of hydrogen-bond acceptors (Lipinski definition) is 3. The second-order valence-electron chi connectivity index (χ2n) is 11.9. The molecule has 9 rings (SSSR count). The van der Waals surface area contributed by atoms with E-state index in [4.69, 9.17) is 0 Å². The molecule has 3 nitrogen and oxygen atoms in total. The summed E-state index contributed by atoms with van der Waals surface area (Å²) in [6, 6.07) is 54.7. The summed E-state index contributed by atoms with van der Waals surface area (Å²) >= 11 is 0. The van der Waals surface area contributed by atoms with E-state index in [-0.39, 0.29) is 0 Å². The van der Waals surface area contributed by atoms with Gasteiger partial charge in [0.25, 0.3) is 0 Å². The molecule has 0 N–H and O–H groups in total. The summed E-state index contributed by atoms with van der Waals surface area (Å²) in [5.41, 5.74) is 7.89. The van der Waals surface area contributed by atoms with Crippen LogP contribution in [0.1, 0.15) is 0 Å². The van der Waals surface area contributed by atoms with E-state index in [1.54, 1.807) is 0 Å². The molecule has 0 saturated carbocycles. The normalized spacial score (nSPS) is 11.4. The van der Waals surface area contributed by atoms with Crippen molar-refractivity contribution in [2.45, 2.75) is 0 Å². The number of anilines is 3. The topological polar surface area (TPSA) is 29.0 Å². The molecule has 0 radical (unpaired) electrons. The summed E-state index contributed by atoms with van der Waals surface area (Å²) in [6.07, 6.45) is 7.42. The van der Waals surface area contributed by atoms with Crippen molar-refractivity contribution >= 4 is 60.2 Å². The Kier molecular flexibility index (Phi) is 6.46. The molecular formula is C44H29N3. The van der Waals surface area contributed by atoms with E-state index in [1.165, 1.54) is 65.3 Å². The van der Waals surface area contributed by atoms with Gasteiger partial charge in [-0.1, -0.05) is 103 Å². The van der Waals surface area contributed by atoms with Gasteiger partial charge in [-0.3, -0.25) is 9.97 Å². The molecule has 0 saturated heterocycles. The third kappa shape index (κ3) is 4.60. The van der Waals surface area contributed by atoms with E-state index in [1.807, 2.05) is 36.9 Å². The van der Waals surface area contributed by atoms with Crippen LogP contribution in [-0.4, -0.2) is 9.97 Å². The van der Waals surface area contributed by atoms with E-state index in [2.05, 4.69) is 154 Å². The van der Waals surface area contributed by atoms with Crippen LogP contribution in [0, 0.1) is 0 Å². The Morgan fingerprint density at radius 2 is 0.957 bits per heavy atom. The van der Waals surface area contributed by atoms with Crippen molar-refractivity contribution in [1.82, 2.24) is 9.97 Å². The fourth-order valence-corrected chi connectivity index (χ4v) is 7.09. The number of hydrogen-bond donors (Lipinski definition) is 0. The highest BCUT2D eigenvalue weighted by Gasteiger charge is 2.18. The van der Waals surface area contributed by atoms with Gasteiger partial charge in [-0.2, -0.15) is 0 Å².